The number of halogens is 1. The fourth-order valence-electron chi connectivity index (χ4n) is 2.82. The van der Waals surface area contributed by atoms with E-state index < -0.39 is 5.97 Å². The van der Waals surface area contributed by atoms with Crippen LogP contribution in [0, 0.1) is 11.7 Å². The van der Waals surface area contributed by atoms with Crippen molar-refractivity contribution in [3.63, 3.8) is 0 Å². The molecule has 25 heavy (non-hydrogen) atoms. The minimum Gasteiger partial charge on any atom is -0.481 e. The molecule has 5 nitrogen and oxygen atoms in total. The summed E-state index contributed by atoms with van der Waals surface area (Å²) >= 11 is 0. The van der Waals surface area contributed by atoms with Crippen molar-refractivity contribution in [2.75, 3.05) is 13.1 Å². The first-order valence-electron chi connectivity index (χ1n) is 8.08. The van der Waals surface area contributed by atoms with E-state index in [0.717, 1.165) is 0 Å². The van der Waals surface area contributed by atoms with E-state index in [1.807, 2.05) is 0 Å². The first-order chi connectivity index (χ1) is 12.0. The number of benzene rings is 2. The molecule has 1 fully saturated rings. The summed E-state index contributed by atoms with van der Waals surface area (Å²) in [7, 11) is 0. The number of carboxylic acids is 1. The Morgan fingerprint density at radius 3 is 2.00 bits per heavy atom. The van der Waals surface area contributed by atoms with Crippen LogP contribution in [-0.2, 0) is 4.79 Å². The highest BCUT2D eigenvalue weighted by atomic mass is 19.1. The second kappa shape index (κ2) is 7.34. The highest BCUT2D eigenvalue weighted by Crippen LogP contribution is 2.23. The van der Waals surface area contributed by atoms with E-state index in [4.69, 9.17) is 9.84 Å². The Morgan fingerprint density at radius 1 is 0.960 bits per heavy atom. The van der Waals surface area contributed by atoms with Gasteiger partial charge in [0, 0.05) is 18.7 Å². The smallest absolute Gasteiger partial charge is 0.306 e. The fraction of sp³-hybridized carbons (Fsp3) is 0.263. The molecule has 0 saturated carbocycles. The molecular weight excluding hydrogens is 325 g/mol. The summed E-state index contributed by atoms with van der Waals surface area (Å²) in [5.74, 6) is -0.550. The van der Waals surface area contributed by atoms with Gasteiger partial charge in [-0.05, 0) is 61.4 Å². The molecule has 2 aromatic carbocycles. The number of ether oxygens (including phenoxy) is 1. The van der Waals surface area contributed by atoms with Crippen molar-refractivity contribution in [3.8, 4) is 11.5 Å². The van der Waals surface area contributed by atoms with E-state index in [9.17, 15) is 14.0 Å². The van der Waals surface area contributed by atoms with Gasteiger partial charge in [0.05, 0.1) is 5.92 Å². The van der Waals surface area contributed by atoms with Crippen LogP contribution in [0.2, 0.25) is 0 Å². The lowest BCUT2D eigenvalue weighted by atomic mass is 9.96. The van der Waals surface area contributed by atoms with E-state index >= 15 is 0 Å². The van der Waals surface area contributed by atoms with Crippen LogP contribution < -0.4 is 4.74 Å². The molecule has 0 bridgehead atoms. The van der Waals surface area contributed by atoms with E-state index in [1.165, 1.54) is 24.3 Å². The maximum Gasteiger partial charge on any atom is 0.306 e. The number of hydrogen-bond donors (Lipinski definition) is 1. The third kappa shape index (κ3) is 4.15. The van der Waals surface area contributed by atoms with Crippen LogP contribution in [0.1, 0.15) is 23.2 Å². The van der Waals surface area contributed by atoms with Gasteiger partial charge in [-0.25, -0.2) is 4.39 Å². The number of carbonyl (C=O) groups excluding carboxylic acids is 1. The van der Waals surface area contributed by atoms with Gasteiger partial charge in [0.2, 0.25) is 0 Å². The number of likely N-dealkylation sites (tertiary alicyclic amines) is 1. The second-order valence-electron chi connectivity index (χ2n) is 5.99. The molecule has 0 aromatic heterocycles. The Bertz CT molecular complexity index is 750. The number of carbonyl (C=O) groups is 2. The highest BCUT2D eigenvalue weighted by molar-refractivity contribution is 5.94. The number of hydrogen-bond acceptors (Lipinski definition) is 3. The van der Waals surface area contributed by atoms with Crippen LogP contribution >= 0.6 is 0 Å². The topological polar surface area (TPSA) is 66.8 Å². The summed E-state index contributed by atoms with van der Waals surface area (Å²) in [4.78, 5) is 25.1. The van der Waals surface area contributed by atoms with Gasteiger partial charge in [0.25, 0.3) is 5.91 Å². The van der Waals surface area contributed by atoms with Crippen LogP contribution in [0.25, 0.3) is 0 Å². The molecule has 0 spiro atoms. The lowest BCUT2D eigenvalue weighted by Gasteiger charge is -2.30. The summed E-state index contributed by atoms with van der Waals surface area (Å²) < 4.78 is 18.5. The van der Waals surface area contributed by atoms with Crippen molar-refractivity contribution in [2.24, 2.45) is 5.92 Å². The fourth-order valence-corrected chi connectivity index (χ4v) is 2.82. The van der Waals surface area contributed by atoms with Crippen molar-refractivity contribution in [2.45, 2.75) is 12.8 Å². The standard InChI is InChI=1S/C19H18FNO4/c20-15-3-7-17(8-4-15)25-16-5-1-13(2-6-16)18(22)21-11-9-14(10-12-21)19(23)24/h1-8,14H,9-12H2,(H,23,24). The molecule has 1 saturated heterocycles. The molecular formula is C19H18FNO4. The van der Waals surface area contributed by atoms with E-state index in [1.54, 1.807) is 29.2 Å². The summed E-state index contributed by atoms with van der Waals surface area (Å²) in [5, 5.41) is 9.01. The number of amides is 1. The Labute approximate surface area is 144 Å². The predicted octanol–water partition coefficient (Wildman–Crippen LogP) is 3.55. The summed E-state index contributed by atoms with van der Waals surface area (Å²) in [5.41, 5.74) is 0.528. The van der Waals surface area contributed by atoms with E-state index in [-0.39, 0.29) is 17.6 Å². The molecule has 1 aliphatic rings. The monoisotopic (exact) mass is 343 g/mol. The summed E-state index contributed by atoms with van der Waals surface area (Å²) in [6.07, 6.45) is 0.958. The molecule has 1 N–H and O–H groups in total. The lowest BCUT2D eigenvalue weighted by molar-refractivity contribution is -0.143. The van der Waals surface area contributed by atoms with Gasteiger partial charge in [-0.1, -0.05) is 0 Å². The van der Waals surface area contributed by atoms with Crippen molar-refractivity contribution in [3.05, 3.63) is 59.9 Å². The average Bonchev–Trinajstić information content (AvgIpc) is 2.64. The van der Waals surface area contributed by atoms with Gasteiger partial charge in [0.1, 0.15) is 17.3 Å². The van der Waals surface area contributed by atoms with Crippen LogP contribution in [0.5, 0.6) is 11.5 Å². The van der Waals surface area contributed by atoms with Crippen molar-refractivity contribution < 1.29 is 23.8 Å². The quantitative estimate of drug-likeness (QED) is 0.922. The Kier molecular flexibility index (Phi) is 4.97. The zero-order valence-electron chi connectivity index (χ0n) is 13.5. The minimum atomic E-state index is -0.797. The molecule has 3 rings (SSSR count). The van der Waals surface area contributed by atoms with Gasteiger partial charge in [-0.15, -0.1) is 0 Å². The third-order valence-electron chi connectivity index (χ3n) is 4.28. The number of nitrogens with zero attached hydrogens (tertiary/aromatic N) is 1. The SMILES string of the molecule is O=C(O)C1CCN(C(=O)c2ccc(Oc3ccc(F)cc3)cc2)CC1. The summed E-state index contributed by atoms with van der Waals surface area (Å²) in [6.45, 7) is 0.896. The first-order valence-corrected chi connectivity index (χ1v) is 8.08. The number of piperidine rings is 1. The molecule has 1 amide bonds. The average molecular weight is 343 g/mol. The zero-order chi connectivity index (χ0) is 17.8. The summed E-state index contributed by atoms with van der Waals surface area (Å²) in [6, 6.07) is 12.4. The lowest BCUT2D eigenvalue weighted by Crippen LogP contribution is -2.40. The Morgan fingerprint density at radius 2 is 1.48 bits per heavy atom. The molecule has 0 aliphatic carbocycles. The number of carboxylic acid groups (broad SMARTS) is 1. The Hall–Kier alpha value is -2.89. The van der Waals surface area contributed by atoms with Crippen LogP contribution in [0.3, 0.4) is 0 Å². The van der Waals surface area contributed by atoms with Crippen molar-refractivity contribution in [1.29, 1.82) is 0 Å². The normalized spacial score (nSPS) is 15.0. The van der Waals surface area contributed by atoms with Gasteiger partial charge in [-0.3, -0.25) is 9.59 Å². The predicted molar refractivity (Wildman–Crippen MR) is 89.2 cm³/mol. The molecule has 130 valence electrons. The molecule has 1 heterocycles. The number of rotatable bonds is 4. The first kappa shape index (κ1) is 17.0. The van der Waals surface area contributed by atoms with Crippen LogP contribution in [0.4, 0.5) is 4.39 Å². The largest absolute Gasteiger partial charge is 0.481 e. The highest BCUT2D eigenvalue weighted by Gasteiger charge is 2.27. The van der Waals surface area contributed by atoms with Crippen molar-refractivity contribution in [1.82, 2.24) is 4.90 Å². The molecule has 0 atom stereocenters. The molecule has 2 aromatic rings. The van der Waals surface area contributed by atoms with Gasteiger partial charge >= 0.3 is 5.97 Å². The third-order valence-corrected chi connectivity index (χ3v) is 4.28. The molecule has 0 unspecified atom stereocenters. The van der Waals surface area contributed by atoms with Crippen LogP contribution in [0.15, 0.2) is 48.5 Å². The molecule has 0 radical (unpaired) electrons. The Balaban J connectivity index is 1.61. The van der Waals surface area contributed by atoms with Gasteiger partial charge in [0.15, 0.2) is 0 Å². The second-order valence-corrected chi connectivity index (χ2v) is 5.99. The maximum atomic E-state index is 12.9. The minimum absolute atomic E-state index is 0.114. The van der Waals surface area contributed by atoms with Gasteiger partial charge in [-0.2, -0.15) is 0 Å². The zero-order valence-corrected chi connectivity index (χ0v) is 13.5. The van der Waals surface area contributed by atoms with E-state index in [2.05, 4.69) is 0 Å². The maximum absolute atomic E-state index is 12.9. The molecule has 6 heteroatoms. The molecule has 1 aliphatic heterocycles. The van der Waals surface area contributed by atoms with Crippen molar-refractivity contribution >= 4 is 11.9 Å². The number of aliphatic carboxylic acids is 1. The van der Waals surface area contributed by atoms with Gasteiger partial charge < -0.3 is 14.7 Å². The van der Waals surface area contributed by atoms with E-state index in [0.29, 0.717) is 43.0 Å². The van der Waals surface area contributed by atoms with Crippen LogP contribution in [-0.4, -0.2) is 35.0 Å².